The van der Waals surface area contributed by atoms with Crippen molar-refractivity contribution < 1.29 is 9.53 Å². The van der Waals surface area contributed by atoms with E-state index in [1.807, 2.05) is 54.6 Å². The maximum Gasteiger partial charge on any atom is 0.254 e. The van der Waals surface area contributed by atoms with Crippen LogP contribution in [0.3, 0.4) is 0 Å². The molecule has 8 heteroatoms. The van der Waals surface area contributed by atoms with Crippen molar-refractivity contribution in [3.63, 3.8) is 0 Å². The molecule has 8 nitrogen and oxygen atoms in total. The van der Waals surface area contributed by atoms with Gasteiger partial charge in [-0.25, -0.2) is 4.68 Å². The third kappa shape index (κ3) is 3.47. The van der Waals surface area contributed by atoms with E-state index < -0.39 is 5.91 Å². The molecular formula is C24H24N6O2. The number of nitrogen functional groups attached to an aromatic ring is 1. The highest BCUT2D eigenvalue weighted by atomic mass is 16.5. The number of carbonyl (C=O) groups is 1. The van der Waals surface area contributed by atoms with Gasteiger partial charge in [-0.15, -0.1) is 0 Å². The molecule has 1 amide bonds. The van der Waals surface area contributed by atoms with Crippen LogP contribution in [-0.2, 0) is 0 Å². The van der Waals surface area contributed by atoms with Gasteiger partial charge in [0.15, 0.2) is 0 Å². The molecule has 162 valence electrons. The first-order valence-electron chi connectivity index (χ1n) is 10.7. The van der Waals surface area contributed by atoms with Crippen LogP contribution in [0.5, 0.6) is 11.5 Å². The first kappa shape index (κ1) is 20.1. The number of primary amides is 1. The van der Waals surface area contributed by atoms with Crippen molar-refractivity contribution in [2.75, 3.05) is 18.8 Å². The second kappa shape index (κ2) is 8.02. The molecule has 1 saturated carbocycles. The fourth-order valence-corrected chi connectivity index (χ4v) is 5.05. The van der Waals surface area contributed by atoms with Crippen molar-refractivity contribution in [3.05, 3.63) is 60.2 Å². The number of benzene rings is 2. The number of likely N-dealkylation sites (tertiary alicyclic amines) is 1. The lowest BCUT2D eigenvalue weighted by atomic mass is 10.0. The maximum absolute atomic E-state index is 12.3. The summed E-state index contributed by atoms with van der Waals surface area (Å²) >= 11 is 0. The molecule has 1 aromatic heterocycles. The third-order valence-electron chi connectivity index (χ3n) is 6.51. The quantitative estimate of drug-likeness (QED) is 0.581. The van der Waals surface area contributed by atoms with Gasteiger partial charge in [0, 0.05) is 18.2 Å². The van der Waals surface area contributed by atoms with Crippen molar-refractivity contribution in [1.29, 1.82) is 5.26 Å². The van der Waals surface area contributed by atoms with Gasteiger partial charge >= 0.3 is 0 Å². The van der Waals surface area contributed by atoms with Crippen molar-refractivity contribution >= 4 is 11.7 Å². The van der Waals surface area contributed by atoms with Gasteiger partial charge < -0.3 is 16.2 Å². The van der Waals surface area contributed by atoms with Crippen LogP contribution < -0.4 is 16.2 Å². The first-order chi connectivity index (χ1) is 15.5. The van der Waals surface area contributed by atoms with Crippen LogP contribution in [0.1, 0.15) is 29.2 Å². The normalized spacial score (nSPS) is 22.0. The standard InChI is InChI=1S/C24H24N6O2/c25-10-11-29-14-16-12-17(29)13-20(16)30-23(26)21(24(27)31)22(28-30)15-6-8-19(9-7-15)32-18-4-2-1-3-5-18/h1-9,16-17,20H,11-14,26H2,(H2,27,31). The number of rotatable bonds is 6. The Morgan fingerprint density at radius 3 is 2.47 bits per heavy atom. The molecule has 0 spiro atoms. The Morgan fingerprint density at radius 1 is 1.12 bits per heavy atom. The van der Waals surface area contributed by atoms with Gasteiger partial charge in [-0.3, -0.25) is 9.69 Å². The third-order valence-corrected chi connectivity index (χ3v) is 6.51. The Hall–Kier alpha value is -3.83. The summed E-state index contributed by atoms with van der Waals surface area (Å²) in [7, 11) is 0. The summed E-state index contributed by atoms with van der Waals surface area (Å²) in [5, 5.41) is 13.8. The molecule has 2 fully saturated rings. The number of piperidine rings is 1. The van der Waals surface area contributed by atoms with Gasteiger partial charge in [0.05, 0.1) is 18.7 Å². The summed E-state index contributed by atoms with van der Waals surface area (Å²) in [6.45, 7) is 1.28. The highest BCUT2D eigenvalue weighted by molar-refractivity contribution is 6.03. The molecule has 3 unspecified atom stereocenters. The van der Waals surface area contributed by atoms with E-state index in [4.69, 9.17) is 26.6 Å². The van der Waals surface area contributed by atoms with E-state index in [9.17, 15) is 4.79 Å². The number of aromatic nitrogens is 2. The predicted octanol–water partition coefficient (Wildman–Crippen LogP) is 3.18. The largest absolute Gasteiger partial charge is 0.457 e. The van der Waals surface area contributed by atoms with E-state index in [0.717, 1.165) is 30.7 Å². The van der Waals surface area contributed by atoms with Crippen molar-refractivity contribution in [1.82, 2.24) is 14.7 Å². The highest BCUT2D eigenvalue weighted by Gasteiger charge is 2.46. The van der Waals surface area contributed by atoms with E-state index in [1.54, 1.807) is 4.68 Å². The lowest BCUT2D eigenvalue weighted by molar-refractivity contribution is 0.100. The van der Waals surface area contributed by atoms with Crippen LogP contribution in [-0.4, -0.2) is 39.7 Å². The van der Waals surface area contributed by atoms with E-state index in [0.29, 0.717) is 35.8 Å². The molecular weight excluding hydrogens is 404 g/mol. The molecule has 1 saturated heterocycles. The molecule has 5 rings (SSSR count). The molecule has 0 radical (unpaired) electrons. The van der Waals surface area contributed by atoms with Gasteiger partial charge in [-0.2, -0.15) is 10.4 Å². The SMILES string of the molecule is N#CCN1CC2CC1CC2n1nc(-c2ccc(Oc3ccccc3)cc2)c(C(N)=O)c1N. The summed E-state index contributed by atoms with van der Waals surface area (Å²) in [6.07, 6.45) is 1.87. The van der Waals surface area contributed by atoms with E-state index in [-0.39, 0.29) is 11.6 Å². The number of carbonyl (C=O) groups excluding carboxylic acids is 1. The molecule has 3 atom stereocenters. The Morgan fingerprint density at radius 2 is 1.84 bits per heavy atom. The number of nitrogens with two attached hydrogens (primary N) is 2. The molecule has 3 aromatic rings. The molecule has 2 heterocycles. The van der Waals surface area contributed by atoms with Gasteiger partial charge in [0.25, 0.3) is 5.91 Å². The van der Waals surface area contributed by atoms with Crippen molar-refractivity contribution in [2.45, 2.75) is 24.9 Å². The molecule has 2 aromatic carbocycles. The number of nitriles is 1. The van der Waals surface area contributed by atoms with Crippen LogP contribution in [0.25, 0.3) is 11.3 Å². The van der Waals surface area contributed by atoms with E-state index >= 15 is 0 Å². The minimum absolute atomic E-state index is 0.0995. The Kier molecular flexibility index (Phi) is 5.04. The van der Waals surface area contributed by atoms with Crippen LogP contribution in [0.2, 0.25) is 0 Å². The molecule has 1 aliphatic carbocycles. The summed E-state index contributed by atoms with van der Waals surface area (Å²) in [6, 6.07) is 19.6. The number of nitrogens with zero attached hydrogens (tertiary/aromatic N) is 4. The first-order valence-corrected chi connectivity index (χ1v) is 10.7. The zero-order chi connectivity index (χ0) is 22.2. The van der Waals surface area contributed by atoms with Crippen LogP contribution in [0.4, 0.5) is 5.82 Å². The Labute approximate surface area is 186 Å². The summed E-state index contributed by atoms with van der Waals surface area (Å²) in [4.78, 5) is 14.5. The van der Waals surface area contributed by atoms with Gasteiger partial charge in [0.1, 0.15) is 28.6 Å². The predicted molar refractivity (Wildman–Crippen MR) is 120 cm³/mol. The second-order valence-corrected chi connectivity index (χ2v) is 8.40. The number of hydrogen-bond acceptors (Lipinski definition) is 6. The second-order valence-electron chi connectivity index (χ2n) is 8.40. The maximum atomic E-state index is 12.3. The molecule has 4 N–H and O–H groups in total. The lowest BCUT2D eigenvalue weighted by Gasteiger charge is -2.30. The van der Waals surface area contributed by atoms with Crippen molar-refractivity contribution in [3.8, 4) is 28.8 Å². The van der Waals surface area contributed by atoms with E-state index in [2.05, 4.69) is 11.0 Å². The lowest BCUT2D eigenvalue weighted by Crippen LogP contribution is -2.37. The molecule has 1 aliphatic heterocycles. The number of ether oxygens (including phenoxy) is 1. The average molecular weight is 428 g/mol. The summed E-state index contributed by atoms with van der Waals surface area (Å²) < 4.78 is 7.63. The fraction of sp³-hybridized carbons (Fsp3) is 0.292. The van der Waals surface area contributed by atoms with Crippen LogP contribution in [0, 0.1) is 17.2 Å². The van der Waals surface area contributed by atoms with Gasteiger partial charge in [-0.05, 0) is 55.2 Å². The monoisotopic (exact) mass is 428 g/mol. The van der Waals surface area contributed by atoms with Gasteiger partial charge in [-0.1, -0.05) is 18.2 Å². The number of anilines is 1. The van der Waals surface area contributed by atoms with E-state index in [1.165, 1.54) is 0 Å². The summed E-state index contributed by atoms with van der Waals surface area (Å²) in [5.41, 5.74) is 13.6. The van der Waals surface area contributed by atoms with Crippen molar-refractivity contribution in [2.24, 2.45) is 11.7 Å². The number of hydrogen-bond donors (Lipinski definition) is 2. The zero-order valence-electron chi connectivity index (χ0n) is 17.5. The highest BCUT2D eigenvalue weighted by Crippen LogP contribution is 2.46. The fourth-order valence-electron chi connectivity index (χ4n) is 5.05. The minimum Gasteiger partial charge on any atom is -0.457 e. The summed E-state index contributed by atoms with van der Waals surface area (Å²) in [5.74, 6) is 1.49. The van der Waals surface area contributed by atoms with Gasteiger partial charge in [0.2, 0.25) is 0 Å². The number of para-hydroxylation sites is 1. The smallest absolute Gasteiger partial charge is 0.254 e. The molecule has 2 bridgehead atoms. The minimum atomic E-state index is -0.595. The topological polar surface area (TPSA) is 123 Å². The molecule has 32 heavy (non-hydrogen) atoms. The zero-order valence-corrected chi connectivity index (χ0v) is 17.5. The Balaban J connectivity index is 1.43. The molecule has 2 aliphatic rings. The average Bonchev–Trinajstić information content (AvgIpc) is 3.47. The Bertz CT molecular complexity index is 1180. The number of fused-ring (bicyclic) bond motifs is 2. The van der Waals surface area contributed by atoms with Crippen LogP contribution in [0.15, 0.2) is 54.6 Å². The van der Waals surface area contributed by atoms with Crippen LogP contribution >= 0.6 is 0 Å². The number of amides is 1.